The molecule has 0 aliphatic carbocycles. The molecule has 0 N–H and O–H groups in total. The van der Waals surface area contributed by atoms with Gasteiger partial charge in [0, 0.05) is 11.9 Å². The van der Waals surface area contributed by atoms with Crippen molar-refractivity contribution in [3.63, 3.8) is 0 Å². The van der Waals surface area contributed by atoms with Gasteiger partial charge in [-0.2, -0.15) is 0 Å². The number of pyridine rings is 2. The fraction of sp³-hybridized carbons (Fsp3) is 0.111. The molecule has 0 saturated carbocycles. The SMILES string of the molecule is C#CCn1c(C)c(-c2cc(Cl)c(F)cn2)c(=O)n(-c2cncc(Cl)c2)c1=O. The molecule has 0 aliphatic rings. The van der Waals surface area contributed by atoms with E-state index in [2.05, 4.69) is 15.9 Å². The quantitative estimate of drug-likeness (QED) is 0.629. The normalized spacial score (nSPS) is 10.6. The molecule has 0 bridgehead atoms. The third-order valence-corrected chi connectivity index (χ3v) is 4.36. The van der Waals surface area contributed by atoms with Gasteiger partial charge in [0.1, 0.15) is 0 Å². The van der Waals surface area contributed by atoms with E-state index in [4.69, 9.17) is 29.6 Å². The molecule has 6 nitrogen and oxygen atoms in total. The monoisotopic (exact) mass is 404 g/mol. The predicted molar refractivity (Wildman–Crippen MR) is 101 cm³/mol. The van der Waals surface area contributed by atoms with Gasteiger partial charge in [-0.25, -0.2) is 13.8 Å². The molecule has 0 radical (unpaired) electrons. The Labute approximate surface area is 162 Å². The number of aromatic nitrogens is 4. The summed E-state index contributed by atoms with van der Waals surface area (Å²) in [5.74, 6) is 1.65. The average molecular weight is 405 g/mol. The highest BCUT2D eigenvalue weighted by Crippen LogP contribution is 2.22. The molecule has 0 aliphatic heterocycles. The van der Waals surface area contributed by atoms with Gasteiger partial charge in [-0.15, -0.1) is 6.42 Å². The largest absolute Gasteiger partial charge is 0.336 e. The standard InChI is InChI=1S/C18H11Cl2FN4O2/c1-3-4-24-10(2)16(15-6-13(20)14(21)9-23-15)17(26)25(18(24)27)12-5-11(19)7-22-8-12/h1,5-9H,4H2,2H3. The lowest BCUT2D eigenvalue weighted by atomic mass is 10.1. The van der Waals surface area contributed by atoms with Crippen LogP contribution in [0.3, 0.4) is 0 Å². The minimum Gasteiger partial charge on any atom is -0.285 e. The Bertz CT molecular complexity index is 1210. The van der Waals surface area contributed by atoms with Gasteiger partial charge in [-0.05, 0) is 19.1 Å². The molecule has 0 saturated heterocycles. The molecule has 3 rings (SSSR count). The molecule has 0 amide bonds. The van der Waals surface area contributed by atoms with Crippen LogP contribution in [0.4, 0.5) is 4.39 Å². The fourth-order valence-corrected chi connectivity index (χ4v) is 2.95. The van der Waals surface area contributed by atoms with Gasteiger partial charge in [-0.1, -0.05) is 29.1 Å². The van der Waals surface area contributed by atoms with E-state index in [0.717, 1.165) is 10.8 Å². The van der Waals surface area contributed by atoms with Gasteiger partial charge in [0.2, 0.25) is 0 Å². The second kappa shape index (κ2) is 7.35. The van der Waals surface area contributed by atoms with E-state index in [1.54, 1.807) is 6.92 Å². The summed E-state index contributed by atoms with van der Waals surface area (Å²) in [5, 5.41) is 0.0387. The van der Waals surface area contributed by atoms with E-state index < -0.39 is 17.1 Å². The van der Waals surface area contributed by atoms with Crippen molar-refractivity contribution in [2.24, 2.45) is 0 Å². The van der Waals surface area contributed by atoms with Crippen LogP contribution in [0.1, 0.15) is 5.69 Å². The summed E-state index contributed by atoms with van der Waals surface area (Å²) in [6, 6.07) is 2.63. The van der Waals surface area contributed by atoms with Crippen molar-refractivity contribution >= 4 is 23.2 Å². The molecular formula is C18H11Cl2FN4O2. The molecule has 9 heteroatoms. The predicted octanol–water partition coefficient (Wildman–Crippen LogP) is 2.84. The molecule has 0 spiro atoms. The van der Waals surface area contributed by atoms with Crippen LogP contribution in [0.5, 0.6) is 0 Å². The zero-order valence-electron chi connectivity index (χ0n) is 13.9. The Morgan fingerprint density at radius 3 is 2.59 bits per heavy atom. The second-order valence-corrected chi connectivity index (χ2v) is 6.36. The number of hydrogen-bond acceptors (Lipinski definition) is 4. The zero-order valence-corrected chi connectivity index (χ0v) is 15.4. The van der Waals surface area contributed by atoms with Gasteiger partial charge in [-0.3, -0.25) is 19.3 Å². The Balaban J connectivity index is 2.44. The van der Waals surface area contributed by atoms with Crippen LogP contribution in [0.15, 0.2) is 40.3 Å². The number of rotatable bonds is 3. The maximum absolute atomic E-state index is 13.5. The van der Waals surface area contributed by atoms with E-state index in [1.807, 2.05) is 0 Å². The van der Waals surface area contributed by atoms with Crippen molar-refractivity contribution in [1.29, 1.82) is 0 Å². The van der Waals surface area contributed by atoms with Crippen LogP contribution in [0.25, 0.3) is 16.9 Å². The number of terminal acetylenes is 1. The van der Waals surface area contributed by atoms with Crippen LogP contribution >= 0.6 is 23.2 Å². The first-order valence-corrected chi connectivity index (χ1v) is 8.33. The highest BCUT2D eigenvalue weighted by atomic mass is 35.5. The Morgan fingerprint density at radius 2 is 1.96 bits per heavy atom. The van der Waals surface area contributed by atoms with Crippen LogP contribution in [0.2, 0.25) is 10.0 Å². The summed E-state index contributed by atoms with van der Waals surface area (Å²) in [4.78, 5) is 33.8. The molecule has 0 aromatic carbocycles. The first-order chi connectivity index (χ1) is 12.8. The van der Waals surface area contributed by atoms with E-state index in [1.165, 1.54) is 29.1 Å². The Kier molecular flexibility index (Phi) is 5.13. The molecule has 0 atom stereocenters. The number of hydrogen-bond donors (Lipinski definition) is 0. The highest BCUT2D eigenvalue weighted by Gasteiger charge is 2.20. The fourth-order valence-electron chi connectivity index (χ4n) is 2.63. The maximum Gasteiger partial charge on any atom is 0.336 e. The lowest BCUT2D eigenvalue weighted by Crippen LogP contribution is -2.41. The minimum atomic E-state index is -0.727. The van der Waals surface area contributed by atoms with E-state index in [0.29, 0.717) is 0 Å². The molecule has 3 aromatic heterocycles. The molecular weight excluding hydrogens is 394 g/mol. The molecule has 136 valence electrons. The van der Waals surface area contributed by atoms with Crippen molar-refractivity contribution in [2.45, 2.75) is 13.5 Å². The topological polar surface area (TPSA) is 69.8 Å². The number of nitrogens with zero attached hydrogens (tertiary/aromatic N) is 4. The van der Waals surface area contributed by atoms with E-state index >= 15 is 0 Å². The van der Waals surface area contributed by atoms with Gasteiger partial charge in [0.15, 0.2) is 5.82 Å². The van der Waals surface area contributed by atoms with E-state index in [9.17, 15) is 14.0 Å². The average Bonchev–Trinajstić information content (AvgIpc) is 2.62. The summed E-state index contributed by atoms with van der Waals surface area (Å²) >= 11 is 11.8. The van der Waals surface area contributed by atoms with Crippen LogP contribution in [-0.2, 0) is 6.54 Å². The summed E-state index contributed by atoms with van der Waals surface area (Å²) in [5.41, 5.74) is -0.714. The summed E-state index contributed by atoms with van der Waals surface area (Å²) in [7, 11) is 0. The summed E-state index contributed by atoms with van der Waals surface area (Å²) in [6.45, 7) is 1.47. The molecule has 0 fully saturated rings. The molecule has 3 aromatic rings. The summed E-state index contributed by atoms with van der Waals surface area (Å²) in [6.07, 6.45) is 8.95. The van der Waals surface area contributed by atoms with Crippen molar-refractivity contribution in [3.8, 4) is 29.3 Å². The molecule has 27 heavy (non-hydrogen) atoms. The van der Waals surface area contributed by atoms with Gasteiger partial charge >= 0.3 is 5.69 Å². The Morgan fingerprint density at radius 1 is 1.22 bits per heavy atom. The maximum atomic E-state index is 13.5. The van der Waals surface area contributed by atoms with Gasteiger partial charge in [0.05, 0.1) is 45.9 Å². The van der Waals surface area contributed by atoms with Crippen molar-refractivity contribution in [2.75, 3.05) is 0 Å². The van der Waals surface area contributed by atoms with Crippen LogP contribution in [0, 0.1) is 25.1 Å². The summed E-state index contributed by atoms with van der Waals surface area (Å²) < 4.78 is 15.6. The molecule has 3 heterocycles. The van der Waals surface area contributed by atoms with Crippen molar-refractivity contribution in [1.82, 2.24) is 19.1 Å². The third kappa shape index (κ3) is 3.37. The lowest BCUT2D eigenvalue weighted by Gasteiger charge is -2.15. The smallest absolute Gasteiger partial charge is 0.285 e. The zero-order chi connectivity index (χ0) is 19.7. The van der Waals surface area contributed by atoms with Crippen LogP contribution < -0.4 is 11.2 Å². The molecule has 0 unspecified atom stereocenters. The first kappa shape index (κ1) is 18.8. The first-order valence-electron chi connectivity index (χ1n) is 7.57. The lowest BCUT2D eigenvalue weighted by molar-refractivity contribution is 0.622. The van der Waals surface area contributed by atoms with Gasteiger partial charge in [0.25, 0.3) is 5.56 Å². The second-order valence-electron chi connectivity index (χ2n) is 5.52. The van der Waals surface area contributed by atoms with Crippen molar-refractivity contribution in [3.05, 3.63) is 73.1 Å². The highest BCUT2D eigenvalue weighted by molar-refractivity contribution is 6.31. The van der Waals surface area contributed by atoms with Crippen LogP contribution in [-0.4, -0.2) is 19.1 Å². The third-order valence-electron chi connectivity index (χ3n) is 3.87. The number of halogens is 3. The minimum absolute atomic E-state index is 0.0618. The van der Waals surface area contributed by atoms with Crippen molar-refractivity contribution < 1.29 is 4.39 Å². The Hall–Kier alpha value is -2.95. The van der Waals surface area contributed by atoms with Gasteiger partial charge < -0.3 is 0 Å². The van der Waals surface area contributed by atoms with E-state index in [-0.39, 0.29) is 39.2 Å².